The first-order chi connectivity index (χ1) is 14.2. The zero-order valence-electron chi connectivity index (χ0n) is 15.5. The molecular formula is C24H18BrNO3. The van der Waals surface area contributed by atoms with Gasteiger partial charge in [-0.05, 0) is 42.0 Å². The largest absolute Gasteiger partial charge is 0.493 e. The van der Waals surface area contributed by atoms with Gasteiger partial charge in [-0.1, -0.05) is 64.5 Å². The van der Waals surface area contributed by atoms with E-state index in [1.54, 1.807) is 6.08 Å². The quantitative estimate of drug-likeness (QED) is 0.374. The van der Waals surface area contributed by atoms with Gasteiger partial charge in [0.1, 0.15) is 5.75 Å². The maximum Gasteiger partial charge on any atom is 0.363 e. The van der Waals surface area contributed by atoms with Gasteiger partial charge in [0.2, 0.25) is 5.90 Å². The lowest BCUT2D eigenvalue weighted by Gasteiger charge is -2.09. The van der Waals surface area contributed by atoms with E-state index < -0.39 is 5.97 Å². The van der Waals surface area contributed by atoms with Gasteiger partial charge < -0.3 is 9.47 Å². The van der Waals surface area contributed by atoms with E-state index in [-0.39, 0.29) is 5.70 Å². The van der Waals surface area contributed by atoms with Crippen LogP contribution in [0.2, 0.25) is 0 Å². The highest BCUT2D eigenvalue weighted by atomic mass is 79.9. The lowest BCUT2D eigenvalue weighted by molar-refractivity contribution is -0.129. The molecule has 0 unspecified atom stereocenters. The molecule has 0 spiro atoms. The molecule has 1 heterocycles. The van der Waals surface area contributed by atoms with Gasteiger partial charge in [0.05, 0.1) is 6.61 Å². The highest BCUT2D eigenvalue weighted by molar-refractivity contribution is 9.10. The Morgan fingerprint density at radius 1 is 0.931 bits per heavy atom. The number of ether oxygens (including phenoxy) is 2. The number of rotatable bonds is 6. The first-order valence-electron chi connectivity index (χ1n) is 9.23. The molecule has 29 heavy (non-hydrogen) atoms. The predicted molar refractivity (Wildman–Crippen MR) is 117 cm³/mol. The molecule has 0 amide bonds. The van der Waals surface area contributed by atoms with Crippen molar-refractivity contribution in [2.24, 2.45) is 4.99 Å². The minimum Gasteiger partial charge on any atom is -0.493 e. The van der Waals surface area contributed by atoms with Crippen molar-refractivity contribution in [3.8, 4) is 5.75 Å². The molecule has 0 saturated heterocycles. The Kier molecular flexibility index (Phi) is 5.86. The second kappa shape index (κ2) is 8.88. The topological polar surface area (TPSA) is 47.9 Å². The standard InChI is InChI=1S/C24H18BrNO3/c25-20-12-10-18(11-13-20)23-26-21(24(27)29-23)16-19-8-4-5-9-22(19)28-15-14-17-6-2-1-3-7-17/h1-13,16H,14-15H2/b21-16-. The van der Waals surface area contributed by atoms with Crippen LogP contribution in [0.1, 0.15) is 16.7 Å². The molecule has 4 nitrogen and oxygen atoms in total. The molecule has 1 aliphatic heterocycles. The number of carbonyl (C=O) groups is 1. The van der Waals surface area contributed by atoms with Crippen molar-refractivity contribution in [2.45, 2.75) is 6.42 Å². The number of nitrogens with zero attached hydrogens (tertiary/aromatic N) is 1. The summed E-state index contributed by atoms with van der Waals surface area (Å²) < 4.78 is 12.2. The fourth-order valence-electron chi connectivity index (χ4n) is 2.93. The van der Waals surface area contributed by atoms with Crippen LogP contribution in [0, 0.1) is 0 Å². The van der Waals surface area contributed by atoms with Crippen molar-refractivity contribution in [1.29, 1.82) is 0 Å². The number of carbonyl (C=O) groups excluding carboxylic acids is 1. The molecule has 4 rings (SSSR count). The average molecular weight is 448 g/mol. The SMILES string of the molecule is O=C1OC(c2ccc(Br)cc2)=N/C1=C\c1ccccc1OCCc1ccccc1. The van der Waals surface area contributed by atoms with E-state index in [4.69, 9.17) is 9.47 Å². The molecule has 0 aliphatic carbocycles. The molecule has 5 heteroatoms. The van der Waals surface area contributed by atoms with E-state index in [9.17, 15) is 4.79 Å². The third-order valence-electron chi connectivity index (χ3n) is 4.41. The minimum absolute atomic E-state index is 0.252. The molecule has 3 aromatic carbocycles. The molecular weight excluding hydrogens is 430 g/mol. The van der Waals surface area contributed by atoms with Gasteiger partial charge in [-0.3, -0.25) is 0 Å². The summed E-state index contributed by atoms with van der Waals surface area (Å²) in [6.07, 6.45) is 2.51. The van der Waals surface area contributed by atoms with E-state index in [2.05, 4.69) is 33.1 Å². The molecule has 1 aliphatic rings. The summed E-state index contributed by atoms with van der Waals surface area (Å²) >= 11 is 3.39. The summed E-state index contributed by atoms with van der Waals surface area (Å²) in [5, 5.41) is 0. The number of hydrogen-bond donors (Lipinski definition) is 0. The zero-order valence-corrected chi connectivity index (χ0v) is 17.1. The normalized spacial score (nSPS) is 14.6. The second-order valence-corrected chi connectivity index (χ2v) is 7.38. The maximum atomic E-state index is 12.3. The summed E-state index contributed by atoms with van der Waals surface area (Å²) in [7, 11) is 0. The summed E-state index contributed by atoms with van der Waals surface area (Å²) in [4.78, 5) is 16.7. The van der Waals surface area contributed by atoms with Gasteiger partial charge in [-0.15, -0.1) is 0 Å². The van der Waals surface area contributed by atoms with Crippen LogP contribution in [0.25, 0.3) is 6.08 Å². The number of hydrogen-bond acceptors (Lipinski definition) is 4. The Morgan fingerprint density at radius 2 is 1.66 bits per heavy atom. The van der Waals surface area contributed by atoms with Crippen LogP contribution in [0.15, 0.2) is 94.0 Å². The van der Waals surface area contributed by atoms with Crippen LogP contribution in [0.5, 0.6) is 5.75 Å². The summed E-state index contributed by atoms with van der Waals surface area (Å²) in [5.41, 5.74) is 3.00. The van der Waals surface area contributed by atoms with Crippen LogP contribution < -0.4 is 4.74 Å². The fourth-order valence-corrected chi connectivity index (χ4v) is 3.19. The van der Waals surface area contributed by atoms with Crippen LogP contribution in [0.3, 0.4) is 0 Å². The third kappa shape index (κ3) is 4.81. The van der Waals surface area contributed by atoms with Crippen molar-refractivity contribution in [1.82, 2.24) is 0 Å². The Bertz CT molecular complexity index is 1070. The van der Waals surface area contributed by atoms with Crippen LogP contribution in [-0.2, 0) is 16.0 Å². The third-order valence-corrected chi connectivity index (χ3v) is 4.94. The fraction of sp³-hybridized carbons (Fsp3) is 0.0833. The predicted octanol–water partition coefficient (Wildman–Crippen LogP) is 5.42. The second-order valence-electron chi connectivity index (χ2n) is 6.46. The average Bonchev–Trinajstić information content (AvgIpc) is 3.11. The van der Waals surface area contributed by atoms with Gasteiger partial charge >= 0.3 is 5.97 Å². The summed E-state index contributed by atoms with van der Waals surface area (Å²) in [6.45, 7) is 0.544. The van der Waals surface area contributed by atoms with E-state index >= 15 is 0 Å². The first-order valence-corrected chi connectivity index (χ1v) is 10.0. The van der Waals surface area contributed by atoms with E-state index in [0.717, 1.165) is 22.0 Å². The first kappa shape index (κ1) is 19.2. The number of cyclic esters (lactones) is 1. The number of aliphatic imine (C=N–C) groups is 1. The van der Waals surface area contributed by atoms with Crippen LogP contribution in [0.4, 0.5) is 0 Å². The Labute approximate surface area is 177 Å². The lowest BCUT2D eigenvalue weighted by atomic mass is 10.1. The molecule has 0 N–H and O–H groups in total. The number of halogens is 1. The highest BCUT2D eigenvalue weighted by Gasteiger charge is 2.24. The van der Waals surface area contributed by atoms with Crippen molar-refractivity contribution >= 4 is 33.9 Å². The van der Waals surface area contributed by atoms with Crippen LogP contribution in [-0.4, -0.2) is 18.5 Å². The van der Waals surface area contributed by atoms with E-state index in [1.807, 2.05) is 66.7 Å². The highest BCUT2D eigenvalue weighted by Crippen LogP contribution is 2.25. The van der Waals surface area contributed by atoms with E-state index in [1.165, 1.54) is 5.56 Å². The lowest BCUT2D eigenvalue weighted by Crippen LogP contribution is -2.05. The van der Waals surface area contributed by atoms with Gasteiger partial charge in [0.25, 0.3) is 0 Å². The Morgan fingerprint density at radius 3 is 2.45 bits per heavy atom. The smallest absolute Gasteiger partial charge is 0.363 e. The Hall–Kier alpha value is -3.18. The summed E-state index contributed by atoms with van der Waals surface area (Å²) in [5.74, 6) is 0.536. The van der Waals surface area contributed by atoms with Gasteiger partial charge in [-0.25, -0.2) is 9.79 Å². The van der Waals surface area contributed by atoms with Crippen LogP contribution >= 0.6 is 15.9 Å². The monoisotopic (exact) mass is 447 g/mol. The van der Waals surface area contributed by atoms with Crippen molar-refractivity contribution in [3.05, 3.63) is 106 Å². The maximum absolute atomic E-state index is 12.3. The Balaban J connectivity index is 1.51. The van der Waals surface area contributed by atoms with Crippen molar-refractivity contribution in [3.63, 3.8) is 0 Å². The van der Waals surface area contributed by atoms with E-state index in [0.29, 0.717) is 18.3 Å². The van der Waals surface area contributed by atoms with Crippen molar-refractivity contribution < 1.29 is 14.3 Å². The molecule has 0 radical (unpaired) electrons. The number of benzene rings is 3. The van der Waals surface area contributed by atoms with Gasteiger partial charge in [0.15, 0.2) is 5.70 Å². The molecule has 0 bridgehead atoms. The molecule has 3 aromatic rings. The minimum atomic E-state index is -0.470. The molecule has 0 atom stereocenters. The van der Waals surface area contributed by atoms with Gasteiger partial charge in [0, 0.05) is 22.0 Å². The molecule has 0 aromatic heterocycles. The molecule has 0 saturated carbocycles. The summed E-state index contributed by atoms with van der Waals surface area (Å²) in [6, 6.07) is 25.2. The number of para-hydroxylation sites is 1. The number of esters is 1. The zero-order chi connectivity index (χ0) is 20.1. The molecule has 144 valence electrons. The van der Waals surface area contributed by atoms with Crippen molar-refractivity contribution in [2.75, 3.05) is 6.61 Å². The van der Waals surface area contributed by atoms with Gasteiger partial charge in [-0.2, -0.15) is 0 Å². The molecule has 0 fully saturated rings.